The van der Waals surface area contributed by atoms with Crippen molar-refractivity contribution in [1.29, 1.82) is 0 Å². The van der Waals surface area contributed by atoms with Gasteiger partial charge in [-0.25, -0.2) is 8.78 Å². The van der Waals surface area contributed by atoms with Crippen molar-refractivity contribution in [3.8, 4) is 0 Å². The van der Waals surface area contributed by atoms with Crippen molar-refractivity contribution in [2.24, 2.45) is 5.92 Å². The Morgan fingerprint density at radius 3 is 2.50 bits per heavy atom. The number of carbonyl (C=O) groups is 1. The predicted octanol–water partition coefficient (Wildman–Crippen LogP) is 2.47. The summed E-state index contributed by atoms with van der Waals surface area (Å²) in [7, 11) is 0. The van der Waals surface area contributed by atoms with E-state index in [0.29, 0.717) is 12.0 Å². The second-order valence-electron chi connectivity index (χ2n) is 5.30. The number of hydrogen-bond donors (Lipinski definition) is 2. The molecule has 1 amide bonds. The lowest BCUT2D eigenvalue weighted by atomic mass is 9.98. The minimum absolute atomic E-state index is 0.220. The van der Waals surface area contributed by atoms with Gasteiger partial charge in [0.2, 0.25) is 0 Å². The zero-order chi connectivity index (χ0) is 13.5. The summed E-state index contributed by atoms with van der Waals surface area (Å²) < 4.78 is 26.5. The predicted molar refractivity (Wildman–Crippen MR) is 65.0 cm³/mol. The summed E-state index contributed by atoms with van der Waals surface area (Å²) in [5.74, 6) is -1.89. The van der Waals surface area contributed by atoms with Crippen molar-refractivity contribution >= 4 is 11.6 Å². The molecule has 0 unspecified atom stereocenters. The van der Waals surface area contributed by atoms with Crippen LogP contribution in [-0.2, 0) is 0 Å². The van der Waals surface area contributed by atoms with Crippen LogP contribution in [0.5, 0.6) is 0 Å². The average Bonchev–Trinajstić information content (AvgIpc) is 3.06. The van der Waals surface area contributed by atoms with Gasteiger partial charge in [0.05, 0.1) is 11.3 Å². The molecular formula is C13H16F2N2O. The van der Waals surface area contributed by atoms with Crippen LogP contribution in [-0.4, -0.2) is 11.4 Å². The fourth-order valence-corrected chi connectivity index (χ4v) is 2.01. The highest BCUT2D eigenvalue weighted by Gasteiger charge is 2.39. The van der Waals surface area contributed by atoms with Crippen molar-refractivity contribution in [1.82, 2.24) is 5.32 Å². The van der Waals surface area contributed by atoms with Gasteiger partial charge in [-0.2, -0.15) is 0 Å². The second kappa shape index (κ2) is 4.23. The van der Waals surface area contributed by atoms with Gasteiger partial charge < -0.3 is 11.1 Å². The topological polar surface area (TPSA) is 55.1 Å². The summed E-state index contributed by atoms with van der Waals surface area (Å²) in [6.45, 7) is 3.79. The van der Waals surface area contributed by atoms with E-state index >= 15 is 0 Å². The molecule has 1 fully saturated rings. The van der Waals surface area contributed by atoms with Crippen LogP contribution in [0.4, 0.5) is 14.5 Å². The van der Waals surface area contributed by atoms with Crippen molar-refractivity contribution in [3.63, 3.8) is 0 Å². The minimum atomic E-state index is -0.897. The molecule has 1 saturated carbocycles. The third-order valence-corrected chi connectivity index (χ3v) is 3.36. The van der Waals surface area contributed by atoms with Crippen LogP contribution in [0.1, 0.15) is 37.0 Å². The molecule has 1 aromatic rings. The molecule has 1 aromatic carbocycles. The third-order valence-electron chi connectivity index (χ3n) is 3.36. The molecule has 0 saturated heterocycles. The summed E-state index contributed by atoms with van der Waals surface area (Å²) in [6.07, 6.45) is 2.11. The van der Waals surface area contributed by atoms with E-state index in [-0.39, 0.29) is 16.8 Å². The van der Waals surface area contributed by atoms with Crippen LogP contribution < -0.4 is 11.1 Å². The monoisotopic (exact) mass is 254 g/mol. The largest absolute Gasteiger partial charge is 0.396 e. The van der Waals surface area contributed by atoms with Crippen LogP contribution in [0.2, 0.25) is 0 Å². The van der Waals surface area contributed by atoms with Gasteiger partial charge >= 0.3 is 0 Å². The van der Waals surface area contributed by atoms with Gasteiger partial charge in [0, 0.05) is 11.6 Å². The molecule has 2 rings (SSSR count). The number of nitrogens with two attached hydrogens (primary N) is 1. The Morgan fingerprint density at radius 2 is 1.94 bits per heavy atom. The number of halogens is 2. The lowest BCUT2D eigenvalue weighted by molar-refractivity contribution is 0.0899. The average molecular weight is 254 g/mol. The van der Waals surface area contributed by atoms with Crippen molar-refractivity contribution in [2.75, 3.05) is 5.73 Å². The van der Waals surface area contributed by atoms with Gasteiger partial charge in [0.1, 0.15) is 11.6 Å². The molecule has 1 aliphatic rings. The van der Waals surface area contributed by atoms with E-state index in [2.05, 4.69) is 5.32 Å². The quantitative estimate of drug-likeness (QED) is 0.814. The molecular weight excluding hydrogens is 238 g/mol. The normalized spacial score (nSPS) is 15.6. The van der Waals surface area contributed by atoms with Crippen molar-refractivity contribution < 1.29 is 13.6 Å². The van der Waals surface area contributed by atoms with Crippen molar-refractivity contribution in [3.05, 3.63) is 29.3 Å². The molecule has 0 spiro atoms. The van der Waals surface area contributed by atoms with Crippen LogP contribution in [0.15, 0.2) is 12.1 Å². The maximum Gasteiger partial charge on any atom is 0.254 e. The molecule has 3 N–H and O–H groups in total. The first-order valence-corrected chi connectivity index (χ1v) is 5.88. The highest BCUT2D eigenvalue weighted by molar-refractivity contribution is 5.95. The first kappa shape index (κ1) is 12.8. The standard InChI is InChI=1S/C13H16F2N2O/c1-13(2,7-3-4-7)17-12(18)8-5-11(16)10(15)6-9(8)14/h5-7H,3-4,16H2,1-2H3,(H,17,18). The Morgan fingerprint density at radius 1 is 1.33 bits per heavy atom. The van der Waals surface area contributed by atoms with Gasteiger partial charge in [-0.15, -0.1) is 0 Å². The molecule has 3 nitrogen and oxygen atoms in total. The highest BCUT2D eigenvalue weighted by Crippen LogP contribution is 2.39. The number of benzene rings is 1. The summed E-state index contributed by atoms with van der Waals surface area (Å²) in [4.78, 5) is 11.9. The SMILES string of the molecule is CC(C)(NC(=O)c1cc(N)c(F)cc1F)C1CC1. The van der Waals surface area contributed by atoms with Crippen LogP contribution in [0.25, 0.3) is 0 Å². The van der Waals surface area contributed by atoms with E-state index in [1.165, 1.54) is 0 Å². The lowest BCUT2D eigenvalue weighted by Gasteiger charge is -2.26. The second-order valence-corrected chi connectivity index (χ2v) is 5.30. The number of amides is 1. The maximum atomic E-state index is 13.5. The first-order chi connectivity index (χ1) is 8.31. The molecule has 98 valence electrons. The molecule has 0 radical (unpaired) electrons. The number of rotatable bonds is 3. The Bertz CT molecular complexity index is 496. The summed E-state index contributed by atoms with van der Waals surface area (Å²) in [5, 5.41) is 2.77. The number of nitrogens with one attached hydrogen (secondary N) is 1. The number of hydrogen-bond acceptors (Lipinski definition) is 2. The third kappa shape index (κ3) is 2.44. The zero-order valence-corrected chi connectivity index (χ0v) is 10.4. The molecule has 0 aromatic heterocycles. The molecule has 1 aliphatic carbocycles. The lowest BCUT2D eigenvalue weighted by Crippen LogP contribution is -2.45. The maximum absolute atomic E-state index is 13.5. The molecule has 0 aliphatic heterocycles. The van der Waals surface area contributed by atoms with E-state index in [1.54, 1.807) is 0 Å². The fraction of sp³-hybridized carbons (Fsp3) is 0.462. The summed E-state index contributed by atoms with van der Waals surface area (Å²) >= 11 is 0. The van der Waals surface area contributed by atoms with Crippen LogP contribution in [0.3, 0.4) is 0 Å². The molecule has 18 heavy (non-hydrogen) atoms. The molecule has 0 atom stereocenters. The highest BCUT2D eigenvalue weighted by atomic mass is 19.1. The minimum Gasteiger partial charge on any atom is -0.396 e. The van der Waals surface area contributed by atoms with E-state index < -0.39 is 17.5 Å². The summed E-state index contributed by atoms with van der Waals surface area (Å²) in [6, 6.07) is 1.66. The van der Waals surface area contributed by atoms with E-state index in [0.717, 1.165) is 18.9 Å². The fourth-order valence-electron chi connectivity index (χ4n) is 2.01. The Labute approximate surface area is 104 Å². The first-order valence-electron chi connectivity index (χ1n) is 5.88. The van der Waals surface area contributed by atoms with Gasteiger partial charge in [0.25, 0.3) is 5.91 Å². The van der Waals surface area contributed by atoms with E-state index in [9.17, 15) is 13.6 Å². The van der Waals surface area contributed by atoms with Gasteiger partial charge in [0.15, 0.2) is 0 Å². The van der Waals surface area contributed by atoms with Crippen molar-refractivity contribution in [2.45, 2.75) is 32.2 Å². The number of carbonyl (C=O) groups excluding carboxylic acids is 1. The van der Waals surface area contributed by atoms with Gasteiger partial charge in [-0.1, -0.05) is 0 Å². The van der Waals surface area contributed by atoms with Crippen LogP contribution in [0, 0.1) is 17.6 Å². The summed E-state index contributed by atoms with van der Waals surface area (Å²) in [5.41, 5.74) is 4.51. The Kier molecular flexibility index (Phi) is 3.00. The van der Waals surface area contributed by atoms with Crippen LogP contribution >= 0.6 is 0 Å². The van der Waals surface area contributed by atoms with E-state index in [4.69, 9.17) is 5.73 Å². The Balaban J connectivity index is 2.21. The number of nitrogen functional groups attached to an aromatic ring is 1. The smallest absolute Gasteiger partial charge is 0.254 e. The molecule has 0 bridgehead atoms. The number of anilines is 1. The molecule has 5 heteroatoms. The van der Waals surface area contributed by atoms with E-state index in [1.807, 2.05) is 13.8 Å². The zero-order valence-electron chi connectivity index (χ0n) is 10.4. The molecule has 0 heterocycles. The Hall–Kier alpha value is -1.65. The van der Waals surface area contributed by atoms with Gasteiger partial charge in [-0.3, -0.25) is 4.79 Å². The van der Waals surface area contributed by atoms with Gasteiger partial charge in [-0.05, 0) is 38.7 Å².